The first-order chi connectivity index (χ1) is 4.79. The third-order valence-corrected chi connectivity index (χ3v) is 3.53. The van der Waals surface area contributed by atoms with Gasteiger partial charge < -0.3 is 0 Å². The summed E-state index contributed by atoms with van der Waals surface area (Å²) in [5.41, 5.74) is 1.01. The SMILES string of the molecule is C=C(C)PC1CCCCC1. The zero-order chi connectivity index (χ0) is 7.40. The standard InChI is InChI=1S/C9H17P/c1-8(2)10-9-6-4-3-5-7-9/h9-10H,1,3-7H2,2H3. The Morgan fingerprint density at radius 2 is 1.90 bits per heavy atom. The largest absolute Gasteiger partial charge is 0.0959 e. The van der Waals surface area contributed by atoms with Crippen LogP contribution in [0.25, 0.3) is 0 Å². The second-order valence-electron chi connectivity index (χ2n) is 3.26. The Labute approximate surface area is 65.9 Å². The highest BCUT2D eigenvalue weighted by Gasteiger charge is 2.12. The second-order valence-corrected chi connectivity index (χ2v) is 5.22. The molecule has 0 N–H and O–H groups in total. The molecule has 1 fully saturated rings. The number of hydrogen-bond donors (Lipinski definition) is 0. The molecule has 58 valence electrons. The molecule has 0 radical (unpaired) electrons. The van der Waals surface area contributed by atoms with Crippen LogP contribution < -0.4 is 0 Å². The second kappa shape index (κ2) is 4.13. The maximum atomic E-state index is 3.96. The van der Waals surface area contributed by atoms with Gasteiger partial charge in [0.1, 0.15) is 0 Å². The molecule has 0 bridgehead atoms. The highest BCUT2D eigenvalue weighted by molar-refractivity contribution is 7.43. The predicted octanol–water partition coefficient (Wildman–Crippen LogP) is 3.53. The molecule has 0 aliphatic heterocycles. The normalized spacial score (nSPS) is 22.1. The van der Waals surface area contributed by atoms with E-state index in [1.54, 1.807) is 0 Å². The van der Waals surface area contributed by atoms with E-state index in [1.807, 2.05) is 0 Å². The summed E-state index contributed by atoms with van der Waals surface area (Å²) in [6.45, 7) is 6.12. The van der Waals surface area contributed by atoms with E-state index in [2.05, 4.69) is 13.5 Å². The molecule has 1 unspecified atom stereocenters. The molecule has 0 aromatic rings. The van der Waals surface area contributed by atoms with Gasteiger partial charge in [-0.3, -0.25) is 0 Å². The lowest BCUT2D eigenvalue weighted by atomic mass is 10.0. The Bertz CT molecular complexity index is 112. The minimum atomic E-state index is 1.01. The van der Waals surface area contributed by atoms with E-state index in [4.69, 9.17) is 0 Å². The molecule has 0 amide bonds. The van der Waals surface area contributed by atoms with Gasteiger partial charge in [0, 0.05) is 0 Å². The fourth-order valence-corrected chi connectivity index (χ4v) is 2.99. The zero-order valence-electron chi connectivity index (χ0n) is 6.82. The van der Waals surface area contributed by atoms with Gasteiger partial charge in [0.2, 0.25) is 0 Å². The van der Waals surface area contributed by atoms with E-state index in [0.717, 1.165) is 14.2 Å². The molecule has 0 nitrogen and oxygen atoms in total. The average Bonchev–Trinajstić information content (AvgIpc) is 1.88. The van der Waals surface area contributed by atoms with Crippen molar-refractivity contribution in [3.63, 3.8) is 0 Å². The van der Waals surface area contributed by atoms with Gasteiger partial charge in [0.05, 0.1) is 0 Å². The maximum Gasteiger partial charge on any atom is -0.0200 e. The molecule has 0 heterocycles. The van der Waals surface area contributed by atoms with Crippen LogP contribution in [0.15, 0.2) is 11.9 Å². The monoisotopic (exact) mass is 156 g/mol. The molecule has 10 heavy (non-hydrogen) atoms. The molecular formula is C9H17P. The van der Waals surface area contributed by atoms with Crippen LogP contribution in [0.2, 0.25) is 0 Å². The highest BCUT2D eigenvalue weighted by Crippen LogP contribution is 2.36. The van der Waals surface area contributed by atoms with E-state index >= 15 is 0 Å². The molecule has 1 atom stereocenters. The number of rotatable bonds is 2. The molecule has 0 spiro atoms. The van der Waals surface area contributed by atoms with Crippen molar-refractivity contribution in [2.45, 2.75) is 44.7 Å². The summed E-state index contributed by atoms with van der Waals surface area (Å²) < 4.78 is 0. The van der Waals surface area contributed by atoms with Crippen molar-refractivity contribution < 1.29 is 0 Å². The van der Waals surface area contributed by atoms with Gasteiger partial charge >= 0.3 is 0 Å². The molecule has 1 heteroatoms. The quantitative estimate of drug-likeness (QED) is 0.536. The Balaban J connectivity index is 2.19. The minimum absolute atomic E-state index is 1.01. The lowest BCUT2D eigenvalue weighted by Gasteiger charge is -2.21. The van der Waals surface area contributed by atoms with Gasteiger partial charge in [0.25, 0.3) is 0 Å². The maximum absolute atomic E-state index is 3.96. The van der Waals surface area contributed by atoms with Gasteiger partial charge in [0.15, 0.2) is 0 Å². The first kappa shape index (κ1) is 8.27. The van der Waals surface area contributed by atoms with Crippen molar-refractivity contribution in [2.75, 3.05) is 0 Å². The minimum Gasteiger partial charge on any atom is -0.0959 e. The lowest BCUT2D eigenvalue weighted by molar-refractivity contribution is 0.514. The predicted molar refractivity (Wildman–Crippen MR) is 50.0 cm³/mol. The Morgan fingerprint density at radius 3 is 2.40 bits per heavy atom. The zero-order valence-corrected chi connectivity index (χ0v) is 7.82. The first-order valence-electron chi connectivity index (χ1n) is 4.21. The van der Waals surface area contributed by atoms with Crippen LogP contribution in [0, 0.1) is 0 Å². The van der Waals surface area contributed by atoms with Gasteiger partial charge in [-0.2, -0.15) is 0 Å². The van der Waals surface area contributed by atoms with Crippen molar-refractivity contribution in [1.82, 2.24) is 0 Å². The molecule has 1 aliphatic carbocycles. The van der Waals surface area contributed by atoms with E-state index in [9.17, 15) is 0 Å². The van der Waals surface area contributed by atoms with Crippen molar-refractivity contribution >= 4 is 8.58 Å². The first-order valence-corrected chi connectivity index (χ1v) is 5.29. The summed E-state index contributed by atoms with van der Waals surface area (Å²) in [6.07, 6.45) is 7.32. The van der Waals surface area contributed by atoms with E-state index in [0.29, 0.717) is 0 Å². The van der Waals surface area contributed by atoms with Gasteiger partial charge in [-0.25, -0.2) is 0 Å². The summed E-state index contributed by atoms with van der Waals surface area (Å²) >= 11 is 0. The van der Waals surface area contributed by atoms with Crippen LogP contribution in [0.4, 0.5) is 0 Å². The summed E-state index contributed by atoms with van der Waals surface area (Å²) in [7, 11) is 1.04. The number of hydrogen-bond acceptors (Lipinski definition) is 0. The fraction of sp³-hybridized carbons (Fsp3) is 0.778. The molecule has 1 aliphatic rings. The van der Waals surface area contributed by atoms with Gasteiger partial charge in [-0.05, 0) is 25.4 Å². The number of allylic oxidation sites excluding steroid dienone is 1. The van der Waals surface area contributed by atoms with E-state index in [1.165, 1.54) is 37.4 Å². The third-order valence-electron chi connectivity index (χ3n) is 2.06. The smallest absolute Gasteiger partial charge is 0.0200 e. The van der Waals surface area contributed by atoms with Gasteiger partial charge in [-0.15, -0.1) is 0 Å². The molecule has 1 saturated carbocycles. The summed E-state index contributed by atoms with van der Waals surface area (Å²) in [6, 6.07) is 0. The van der Waals surface area contributed by atoms with Gasteiger partial charge in [-0.1, -0.05) is 39.7 Å². The van der Waals surface area contributed by atoms with Crippen molar-refractivity contribution in [3.05, 3.63) is 11.9 Å². The van der Waals surface area contributed by atoms with Crippen LogP contribution >= 0.6 is 8.58 Å². The van der Waals surface area contributed by atoms with E-state index in [-0.39, 0.29) is 0 Å². The van der Waals surface area contributed by atoms with Crippen LogP contribution in [-0.2, 0) is 0 Å². The van der Waals surface area contributed by atoms with Crippen molar-refractivity contribution in [2.24, 2.45) is 0 Å². The molecule has 1 rings (SSSR count). The summed E-state index contributed by atoms with van der Waals surface area (Å²) in [4.78, 5) is 0. The Kier molecular flexibility index (Phi) is 3.42. The summed E-state index contributed by atoms with van der Waals surface area (Å²) in [5, 5.41) is 1.40. The van der Waals surface area contributed by atoms with E-state index < -0.39 is 0 Å². The third kappa shape index (κ3) is 2.84. The molecular weight excluding hydrogens is 139 g/mol. The van der Waals surface area contributed by atoms with Crippen LogP contribution in [0.5, 0.6) is 0 Å². The molecule has 0 aromatic carbocycles. The average molecular weight is 156 g/mol. The van der Waals surface area contributed by atoms with Crippen LogP contribution in [-0.4, -0.2) is 5.66 Å². The van der Waals surface area contributed by atoms with Crippen LogP contribution in [0.3, 0.4) is 0 Å². The van der Waals surface area contributed by atoms with Crippen molar-refractivity contribution in [3.8, 4) is 0 Å². The molecule has 0 aromatic heterocycles. The highest BCUT2D eigenvalue weighted by atomic mass is 31.1. The lowest BCUT2D eigenvalue weighted by Crippen LogP contribution is -2.05. The summed E-state index contributed by atoms with van der Waals surface area (Å²) in [5.74, 6) is 0. The van der Waals surface area contributed by atoms with Crippen LogP contribution in [0.1, 0.15) is 39.0 Å². The van der Waals surface area contributed by atoms with Crippen molar-refractivity contribution in [1.29, 1.82) is 0 Å². The Hall–Kier alpha value is 0.170. The topological polar surface area (TPSA) is 0 Å². The Morgan fingerprint density at radius 1 is 1.30 bits per heavy atom. The fourth-order valence-electron chi connectivity index (χ4n) is 1.60. The molecule has 0 saturated heterocycles.